The first-order chi connectivity index (χ1) is 7.58. The van der Waals surface area contributed by atoms with Crippen molar-refractivity contribution in [3.05, 3.63) is 11.1 Å². The molecule has 0 heterocycles. The fourth-order valence-corrected chi connectivity index (χ4v) is 2.45. The van der Waals surface area contributed by atoms with Crippen molar-refractivity contribution < 1.29 is 9.53 Å². The van der Waals surface area contributed by atoms with E-state index in [4.69, 9.17) is 10.00 Å². The predicted molar refractivity (Wildman–Crippen MR) is 61.5 cm³/mol. The van der Waals surface area contributed by atoms with Gasteiger partial charge in [-0.1, -0.05) is 13.8 Å². The second-order valence-corrected chi connectivity index (χ2v) is 4.67. The molecule has 2 atom stereocenters. The lowest BCUT2D eigenvalue weighted by atomic mass is 9.78. The smallest absolute Gasteiger partial charge is 0.348 e. The van der Waals surface area contributed by atoms with Crippen LogP contribution in [0, 0.1) is 23.2 Å². The number of ether oxygens (including phenoxy) is 1. The van der Waals surface area contributed by atoms with Crippen LogP contribution in [0.2, 0.25) is 0 Å². The van der Waals surface area contributed by atoms with E-state index < -0.39 is 5.97 Å². The van der Waals surface area contributed by atoms with E-state index in [1.807, 2.05) is 6.07 Å². The van der Waals surface area contributed by atoms with Gasteiger partial charge in [-0.05, 0) is 43.6 Å². The van der Waals surface area contributed by atoms with E-state index >= 15 is 0 Å². The van der Waals surface area contributed by atoms with Crippen molar-refractivity contribution in [2.45, 2.75) is 40.0 Å². The molecule has 0 aliphatic heterocycles. The molecule has 0 N–H and O–H groups in total. The van der Waals surface area contributed by atoms with Gasteiger partial charge >= 0.3 is 5.97 Å². The molecule has 3 heteroatoms. The highest BCUT2D eigenvalue weighted by atomic mass is 16.5. The molecule has 1 fully saturated rings. The van der Waals surface area contributed by atoms with Gasteiger partial charge in [0.2, 0.25) is 0 Å². The number of nitrogens with zero attached hydrogens (tertiary/aromatic N) is 1. The minimum absolute atomic E-state index is 0.236. The van der Waals surface area contributed by atoms with Gasteiger partial charge in [0, 0.05) is 0 Å². The lowest BCUT2D eigenvalue weighted by molar-refractivity contribution is -0.138. The second-order valence-electron chi connectivity index (χ2n) is 4.67. The van der Waals surface area contributed by atoms with Crippen LogP contribution in [0.25, 0.3) is 0 Å². The summed E-state index contributed by atoms with van der Waals surface area (Å²) in [6.45, 7) is 6.40. The van der Waals surface area contributed by atoms with Crippen molar-refractivity contribution in [2.75, 3.05) is 6.61 Å². The maximum atomic E-state index is 11.6. The molecular weight excluding hydrogens is 202 g/mol. The normalized spacial score (nSPS) is 28.1. The third kappa shape index (κ3) is 3.10. The molecule has 0 amide bonds. The van der Waals surface area contributed by atoms with Gasteiger partial charge in [0.25, 0.3) is 0 Å². The Hall–Kier alpha value is -1.30. The van der Waals surface area contributed by atoms with Gasteiger partial charge in [0.1, 0.15) is 11.6 Å². The Kier molecular flexibility index (Phi) is 4.54. The van der Waals surface area contributed by atoms with Crippen LogP contribution in [0.4, 0.5) is 0 Å². The third-order valence-corrected chi connectivity index (χ3v) is 2.94. The zero-order valence-electron chi connectivity index (χ0n) is 10.2. The molecule has 1 aliphatic carbocycles. The van der Waals surface area contributed by atoms with Crippen molar-refractivity contribution in [2.24, 2.45) is 11.8 Å². The number of rotatable bonds is 2. The Morgan fingerprint density at radius 3 is 2.44 bits per heavy atom. The monoisotopic (exact) mass is 221 g/mol. The van der Waals surface area contributed by atoms with Crippen LogP contribution in [0.1, 0.15) is 40.0 Å². The minimum atomic E-state index is -0.457. The largest absolute Gasteiger partial charge is 0.462 e. The van der Waals surface area contributed by atoms with Crippen molar-refractivity contribution in [3.63, 3.8) is 0 Å². The van der Waals surface area contributed by atoms with Gasteiger partial charge in [-0.25, -0.2) is 4.79 Å². The van der Waals surface area contributed by atoms with Gasteiger partial charge in [0.05, 0.1) is 6.61 Å². The van der Waals surface area contributed by atoms with E-state index in [2.05, 4.69) is 13.8 Å². The molecule has 0 spiro atoms. The van der Waals surface area contributed by atoms with E-state index in [1.165, 1.54) is 6.42 Å². The summed E-state index contributed by atoms with van der Waals surface area (Å²) in [7, 11) is 0. The summed E-state index contributed by atoms with van der Waals surface area (Å²) in [5, 5.41) is 9.04. The number of hydrogen-bond acceptors (Lipinski definition) is 3. The Balaban J connectivity index is 2.90. The Labute approximate surface area is 97.1 Å². The summed E-state index contributed by atoms with van der Waals surface area (Å²) >= 11 is 0. The third-order valence-electron chi connectivity index (χ3n) is 2.94. The van der Waals surface area contributed by atoms with Crippen LogP contribution in [-0.4, -0.2) is 12.6 Å². The number of carbonyl (C=O) groups is 1. The molecule has 88 valence electrons. The van der Waals surface area contributed by atoms with Crippen LogP contribution in [0.15, 0.2) is 11.1 Å². The van der Waals surface area contributed by atoms with Crippen molar-refractivity contribution in [1.29, 1.82) is 5.26 Å². The standard InChI is InChI=1S/C13H19NO2/c1-4-16-13(15)12(8-14)11-6-9(2)5-10(3)7-11/h9-10H,4-7H2,1-3H3/b12-11-/t9-,10+/m0/s1. The van der Waals surface area contributed by atoms with Gasteiger partial charge in [-0.2, -0.15) is 5.26 Å². The number of esters is 1. The van der Waals surface area contributed by atoms with E-state index in [1.54, 1.807) is 6.92 Å². The Morgan fingerprint density at radius 1 is 1.44 bits per heavy atom. The summed E-state index contributed by atoms with van der Waals surface area (Å²) in [6, 6.07) is 2.00. The highest BCUT2D eigenvalue weighted by Crippen LogP contribution is 2.34. The molecule has 16 heavy (non-hydrogen) atoms. The Morgan fingerprint density at radius 2 is 2.00 bits per heavy atom. The maximum absolute atomic E-state index is 11.6. The van der Waals surface area contributed by atoms with E-state index in [-0.39, 0.29) is 5.57 Å². The van der Waals surface area contributed by atoms with Crippen molar-refractivity contribution in [3.8, 4) is 6.07 Å². The number of carbonyl (C=O) groups excluding carboxylic acids is 1. The molecular formula is C13H19NO2. The first kappa shape index (κ1) is 12.8. The SMILES string of the molecule is CCOC(=O)/C(C#N)=C1/C[C@@H](C)C[C@@H](C)C1. The number of nitriles is 1. The molecule has 1 saturated carbocycles. The quantitative estimate of drug-likeness (QED) is 0.409. The lowest BCUT2D eigenvalue weighted by Crippen LogP contribution is -2.17. The minimum Gasteiger partial charge on any atom is -0.462 e. The fraction of sp³-hybridized carbons (Fsp3) is 0.692. The van der Waals surface area contributed by atoms with Crippen LogP contribution in [0.3, 0.4) is 0 Å². The molecule has 1 rings (SSSR count). The van der Waals surface area contributed by atoms with E-state index in [0.29, 0.717) is 18.4 Å². The first-order valence-electron chi connectivity index (χ1n) is 5.87. The molecule has 0 unspecified atom stereocenters. The van der Waals surface area contributed by atoms with Crippen molar-refractivity contribution in [1.82, 2.24) is 0 Å². The summed E-state index contributed by atoms with van der Waals surface area (Å²) in [5.41, 5.74) is 1.22. The van der Waals surface area contributed by atoms with E-state index in [9.17, 15) is 4.79 Å². The number of hydrogen-bond donors (Lipinski definition) is 0. The van der Waals surface area contributed by atoms with Crippen LogP contribution in [0.5, 0.6) is 0 Å². The van der Waals surface area contributed by atoms with Crippen molar-refractivity contribution >= 4 is 5.97 Å². The average Bonchev–Trinajstić information content (AvgIpc) is 2.17. The second kappa shape index (κ2) is 5.69. The molecule has 1 aliphatic rings. The Bertz CT molecular complexity index is 326. The van der Waals surface area contributed by atoms with Gasteiger partial charge in [-0.3, -0.25) is 0 Å². The van der Waals surface area contributed by atoms with Crippen LogP contribution >= 0.6 is 0 Å². The summed E-state index contributed by atoms with van der Waals surface area (Å²) in [4.78, 5) is 11.6. The molecule has 0 saturated heterocycles. The predicted octanol–water partition coefficient (Wildman–Crippen LogP) is 2.83. The molecule has 3 nitrogen and oxygen atoms in total. The molecule has 0 aromatic heterocycles. The van der Waals surface area contributed by atoms with Crippen LogP contribution in [-0.2, 0) is 9.53 Å². The van der Waals surface area contributed by atoms with Crippen LogP contribution < -0.4 is 0 Å². The fourth-order valence-electron chi connectivity index (χ4n) is 2.45. The highest BCUT2D eigenvalue weighted by molar-refractivity contribution is 5.93. The highest BCUT2D eigenvalue weighted by Gasteiger charge is 2.24. The summed E-state index contributed by atoms with van der Waals surface area (Å²) in [5.74, 6) is 0.648. The van der Waals surface area contributed by atoms with E-state index in [0.717, 1.165) is 18.4 Å². The lowest BCUT2D eigenvalue weighted by Gasteiger charge is -2.26. The zero-order chi connectivity index (χ0) is 12.1. The topological polar surface area (TPSA) is 50.1 Å². The summed E-state index contributed by atoms with van der Waals surface area (Å²) < 4.78 is 4.90. The first-order valence-corrected chi connectivity index (χ1v) is 5.87. The molecule has 0 radical (unpaired) electrons. The van der Waals surface area contributed by atoms with Gasteiger partial charge in [-0.15, -0.1) is 0 Å². The average molecular weight is 221 g/mol. The maximum Gasteiger partial charge on any atom is 0.348 e. The summed E-state index contributed by atoms with van der Waals surface area (Å²) in [6.07, 6.45) is 2.88. The zero-order valence-corrected chi connectivity index (χ0v) is 10.2. The molecule has 0 aromatic carbocycles. The molecule has 0 aromatic rings. The molecule has 0 bridgehead atoms. The van der Waals surface area contributed by atoms with Gasteiger partial charge < -0.3 is 4.74 Å². The number of allylic oxidation sites excluding steroid dienone is 1. The van der Waals surface area contributed by atoms with Gasteiger partial charge in [0.15, 0.2) is 0 Å².